The first-order valence-corrected chi connectivity index (χ1v) is 11.7. The summed E-state index contributed by atoms with van der Waals surface area (Å²) in [5.41, 5.74) is 1.48. The van der Waals surface area contributed by atoms with Gasteiger partial charge < -0.3 is 9.47 Å². The molecule has 0 radical (unpaired) electrons. The molecular weight excluding hydrogens is 360 g/mol. The Hall–Kier alpha value is -1.61. The Balaban J connectivity index is 1.53. The highest BCUT2D eigenvalue weighted by Crippen LogP contribution is 2.32. The van der Waals surface area contributed by atoms with Gasteiger partial charge in [-0.05, 0) is 37.8 Å². The van der Waals surface area contributed by atoms with Crippen LogP contribution in [-0.4, -0.2) is 18.2 Å². The molecule has 0 saturated carbocycles. The lowest BCUT2D eigenvalue weighted by atomic mass is 10.0. The Morgan fingerprint density at radius 2 is 1.52 bits per heavy atom. The molecule has 0 N–H and O–H groups in total. The summed E-state index contributed by atoms with van der Waals surface area (Å²) in [5, 5.41) is 0. The maximum atomic E-state index is 11.8. The minimum atomic E-state index is -0.362. The largest absolute Gasteiger partial charge is 0.423 e. The standard InChI is InChI=1S/C26H40O3/c1-4-5-6-7-8-9-10-11-12-13-18-24-25(28-24)20-19-22-16-14-15-17-23(22)29-26(27)21(2)3/h14-17,24-25H,2,4-13,18-20H2,1,3H3. The first kappa shape index (κ1) is 23.7. The molecule has 1 aliphatic heterocycles. The van der Waals surface area contributed by atoms with Crippen LogP contribution in [0, 0.1) is 0 Å². The summed E-state index contributed by atoms with van der Waals surface area (Å²) in [6.07, 6.45) is 17.6. The molecule has 0 aromatic heterocycles. The van der Waals surface area contributed by atoms with Crippen molar-refractivity contribution in [1.82, 2.24) is 0 Å². The number of hydrogen-bond acceptors (Lipinski definition) is 3. The van der Waals surface area contributed by atoms with Crippen molar-refractivity contribution in [2.75, 3.05) is 0 Å². The Bertz CT molecular complexity index is 622. The van der Waals surface area contributed by atoms with E-state index in [1.807, 2.05) is 24.3 Å². The smallest absolute Gasteiger partial charge is 0.338 e. The van der Waals surface area contributed by atoms with Crippen LogP contribution in [0.25, 0.3) is 0 Å². The number of ether oxygens (including phenoxy) is 2. The molecule has 2 unspecified atom stereocenters. The van der Waals surface area contributed by atoms with Gasteiger partial charge in [-0.25, -0.2) is 4.79 Å². The predicted molar refractivity (Wildman–Crippen MR) is 120 cm³/mol. The minimum absolute atomic E-state index is 0.362. The van der Waals surface area contributed by atoms with E-state index >= 15 is 0 Å². The fourth-order valence-electron chi connectivity index (χ4n) is 3.81. The van der Waals surface area contributed by atoms with Gasteiger partial charge in [0.2, 0.25) is 0 Å². The van der Waals surface area contributed by atoms with Gasteiger partial charge in [0, 0.05) is 5.57 Å². The van der Waals surface area contributed by atoms with E-state index in [9.17, 15) is 4.79 Å². The van der Waals surface area contributed by atoms with Gasteiger partial charge in [-0.3, -0.25) is 0 Å². The van der Waals surface area contributed by atoms with Crippen molar-refractivity contribution >= 4 is 5.97 Å². The van der Waals surface area contributed by atoms with Crippen molar-refractivity contribution < 1.29 is 14.3 Å². The SMILES string of the molecule is C=C(C)C(=O)Oc1ccccc1CCC1OC1CCCCCCCCCCCC. The number of para-hydroxylation sites is 1. The van der Waals surface area contributed by atoms with Crippen molar-refractivity contribution in [3.63, 3.8) is 0 Å². The van der Waals surface area contributed by atoms with E-state index in [1.54, 1.807) is 6.92 Å². The summed E-state index contributed by atoms with van der Waals surface area (Å²) in [5.74, 6) is 0.284. The predicted octanol–water partition coefficient (Wildman–Crippen LogP) is 7.18. The number of hydrogen-bond donors (Lipinski definition) is 0. The van der Waals surface area contributed by atoms with Crippen LogP contribution in [0.3, 0.4) is 0 Å². The Kier molecular flexibility index (Phi) is 11.1. The average molecular weight is 401 g/mol. The van der Waals surface area contributed by atoms with E-state index < -0.39 is 0 Å². The molecule has 0 spiro atoms. The minimum Gasteiger partial charge on any atom is -0.423 e. The summed E-state index contributed by atoms with van der Waals surface area (Å²) < 4.78 is 11.3. The topological polar surface area (TPSA) is 38.8 Å². The second-order valence-electron chi connectivity index (χ2n) is 8.50. The van der Waals surface area contributed by atoms with E-state index in [0.29, 0.717) is 23.5 Å². The van der Waals surface area contributed by atoms with Crippen molar-refractivity contribution in [3.05, 3.63) is 42.0 Å². The van der Waals surface area contributed by atoms with Crippen molar-refractivity contribution in [2.45, 2.75) is 110 Å². The van der Waals surface area contributed by atoms with Crippen LogP contribution in [0.2, 0.25) is 0 Å². The molecule has 1 fully saturated rings. The quantitative estimate of drug-likeness (QED) is 0.0969. The Labute approximate surface area is 177 Å². The van der Waals surface area contributed by atoms with E-state index in [4.69, 9.17) is 9.47 Å². The molecule has 0 aliphatic carbocycles. The summed E-state index contributed by atoms with van der Waals surface area (Å²) in [6.45, 7) is 7.59. The molecule has 1 aliphatic rings. The third-order valence-electron chi connectivity index (χ3n) is 5.75. The maximum absolute atomic E-state index is 11.8. The van der Waals surface area contributed by atoms with Crippen LogP contribution in [0.15, 0.2) is 36.4 Å². The maximum Gasteiger partial charge on any atom is 0.338 e. The lowest BCUT2D eigenvalue weighted by Gasteiger charge is -2.09. The molecule has 2 atom stereocenters. The van der Waals surface area contributed by atoms with Gasteiger partial charge >= 0.3 is 5.97 Å². The van der Waals surface area contributed by atoms with Gasteiger partial charge in [-0.1, -0.05) is 95.9 Å². The average Bonchev–Trinajstić information content (AvgIpc) is 3.47. The highest BCUT2D eigenvalue weighted by atomic mass is 16.6. The Morgan fingerprint density at radius 3 is 2.17 bits per heavy atom. The number of carbonyl (C=O) groups is 1. The van der Waals surface area contributed by atoms with E-state index in [1.165, 1.54) is 70.6 Å². The summed E-state index contributed by atoms with van der Waals surface area (Å²) in [7, 11) is 0. The third kappa shape index (κ3) is 9.62. The third-order valence-corrected chi connectivity index (χ3v) is 5.75. The van der Waals surface area contributed by atoms with Crippen LogP contribution in [0.5, 0.6) is 5.75 Å². The van der Waals surface area contributed by atoms with Crippen LogP contribution in [0.1, 0.15) is 96.5 Å². The number of rotatable bonds is 16. The molecule has 3 heteroatoms. The van der Waals surface area contributed by atoms with Crippen LogP contribution >= 0.6 is 0 Å². The zero-order valence-corrected chi connectivity index (χ0v) is 18.6. The number of carbonyl (C=O) groups excluding carboxylic acids is 1. The van der Waals surface area contributed by atoms with Gasteiger partial charge in [0.1, 0.15) is 5.75 Å². The molecule has 0 amide bonds. The molecular formula is C26H40O3. The van der Waals surface area contributed by atoms with E-state index in [2.05, 4.69) is 13.5 Å². The van der Waals surface area contributed by atoms with Crippen LogP contribution in [-0.2, 0) is 16.0 Å². The van der Waals surface area contributed by atoms with Gasteiger partial charge in [0.25, 0.3) is 0 Å². The number of aryl methyl sites for hydroxylation is 1. The lowest BCUT2D eigenvalue weighted by Crippen LogP contribution is -2.10. The molecule has 162 valence electrons. The van der Waals surface area contributed by atoms with Crippen LogP contribution < -0.4 is 4.74 Å². The monoisotopic (exact) mass is 400 g/mol. The number of epoxide rings is 1. The second kappa shape index (κ2) is 13.6. The fourth-order valence-corrected chi connectivity index (χ4v) is 3.81. The van der Waals surface area contributed by atoms with Gasteiger partial charge in [-0.15, -0.1) is 0 Å². The zero-order chi connectivity index (χ0) is 20.9. The first-order chi connectivity index (χ1) is 14.1. The molecule has 1 heterocycles. The number of unbranched alkanes of at least 4 members (excludes halogenated alkanes) is 9. The molecule has 1 saturated heterocycles. The normalized spacial score (nSPS) is 17.9. The lowest BCUT2D eigenvalue weighted by molar-refractivity contribution is -0.130. The molecule has 0 bridgehead atoms. The molecule has 3 nitrogen and oxygen atoms in total. The summed E-state index contributed by atoms with van der Waals surface area (Å²) >= 11 is 0. The van der Waals surface area contributed by atoms with Gasteiger partial charge in [-0.2, -0.15) is 0 Å². The number of esters is 1. The summed E-state index contributed by atoms with van der Waals surface area (Å²) in [6, 6.07) is 7.76. The highest BCUT2D eigenvalue weighted by Gasteiger charge is 2.37. The van der Waals surface area contributed by atoms with Crippen molar-refractivity contribution in [3.8, 4) is 5.75 Å². The van der Waals surface area contributed by atoms with Gasteiger partial charge in [0.15, 0.2) is 0 Å². The fraction of sp³-hybridized carbons (Fsp3) is 0.654. The van der Waals surface area contributed by atoms with Gasteiger partial charge in [0.05, 0.1) is 12.2 Å². The molecule has 1 aromatic carbocycles. The first-order valence-electron chi connectivity index (χ1n) is 11.7. The van der Waals surface area contributed by atoms with Crippen molar-refractivity contribution in [1.29, 1.82) is 0 Å². The molecule has 1 aromatic rings. The van der Waals surface area contributed by atoms with E-state index in [-0.39, 0.29) is 5.97 Å². The van der Waals surface area contributed by atoms with Crippen molar-refractivity contribution in [2.24, 2.45) is 0 Å². The van der Waals surface area contributed by atoms with Crippen LogP contribution in [0.4, 0.5) is 0 Å². The second-order valence-corrected chi connectivity index (χ2v) is 8.50. The summed E-state index contributed by atoms with van der Waals surface area (Å²) in [4.78, 5) is 11.8. The highest BCUT2D eigenvalue weighted by molar-refractivity contribution is 5.88. The van der Waals surface area contributed by atoms with E-state index in [0.717, 1.165) is 18.4 Å². The Morgan fingerprint density at radius 1 is 0.931 bits per heavy atom. The zero-order valence-electron chi connectivity index (χ0n) is 18.6. The number of benzene rings is 1. The molecule has 2 rings (SSSR count). The molecule has 29 heavy (non-hydrogen) atoms.